The number of benzene rings is 2. The molecule has 2 aromatic heterocycles. The van der Waals surface area contributed by atoms with Crippen molar-refractivity contribution in [2.75, 3.05) is 14.2 Å². The first-order chi connectivity index (χ1) is 18.8. The molecule has 0 saturated heterocycles. The standard InChI is InChI=1S/C22H14ClF3N2O2S.C7H15N/c1-30-16-7-4-11(13-3-2-8-27-21(13)26)9-12(16)10-28-22(29)20-18(23)17-14(24)5-6-15(25)19(17)31-20;1-8-7-5-3-2-4-6-7/h2-9H,10H2,1H3,(H,28,29);7-8H,2-6H2,1H3. The predicted molar refractivity (Wildman–Crippen MR) is 150 cm³/mol. The highest BCUT2D eigenvalue weighted by molar-refractivity contribution is 7.21. The smallest absolute Gasteiger partial charge is 0.263 e. The topological polar surface area (TPSA) is 63.2 Å². The van der Waals surface area contributed by atoms with Crippen LogP contribution in [0.25, 0.3) is 21.2 Å². The van der Waals surface area contributed by atoms with E-state index in [1.54, 1.807) is 30.3 Å². The summed E-state index contributed by atoms with van der Waals surface area (Å²) in [5.41, 5.74) is 1.43. The molecule has 1 fully saturated rings. The average Bonchev–Trinajstić information content (AvgIpc) is 3.33. The normalized spacial score (nSPS) is 13.6. The second-order valence-electron chi connectivity index (χ2n) is 9.15. The molecule has 2 N–H and O–H groups in total. The molecular weight excluding hydrogens is 547 g/mol. The maximum atomic E-state index is 14.1. The molecule has 0 atom stereocenters. The van der Waals surface area contributed by atoms with Crippen molar-refractivity contribution in [1.29, 1.82) is 0 Å². The number of amides is 1. The number of halogens is 4. The van der Waals surface area contributed by atoms with Gasteiger partial charge in [0.1, 0.15) is 22.3 Å². The number of thiophene rings is 1. The summed E-state index contributed by atoms with van der Waals surface area (Å²) in [7, 11) is 3.54. The third kappa shape index (κ3) is 6.72. The summed E-state index contributed by atoms with van der Waals surface area (Å²) in [5.74, 6) is -2.10. The summed E-state index contributed by atoms with van der Waals surface area (Å²) in [4.78, 5) is 16.3. The number of hydrogen-bond donors (Lipinski definition) is 2. The van der Waals surface area contributed by atoms with E-state index in [9.17, 15) is 18.0 Å². The number of carbonyl (C=O) groups is 1. The summed E-state index contributed by atoms with van der Waals surface area (Å²) in [5, 5.41) is 5.71. The molecule has 1 amide bonds. The molecule has 4 aromatic rings. The van der Waals surface area contributed by atoms with Gasteiger partial charge in [0.05, 0.1) is 22.2 Å². The van der Waals surface area contributed by atoms with Gasteiger partial charge in [-0.05, 0) is 61.9 Å². The number of nitrogens with one attached hydrogen (secondary N) is 2. The minimum atomic E-state index is -0.704. The van der Waals surface area contributed by atoms with Gasteiger partial charge in [-0.25, -0.2) is 13.8 Å². The number of pyridine rings is 1. The summed E-state index contributed by atoms with van der Waals surface area (Å²) >= 11 is 6.93. The first-order valence-corrected chi connectivity index (χ1v) is 13.8. The van der Waals surface area contributed by atoms with E-state index in [2.05, 4.69) is 22.7 Å². The number of ether oxygens (including phenoxy) is 1. The molecule has 5 rings (SSSR count). The first-order valence-electron chi connectivity index (χ1n) is 12.6. The molecule has 0 spiro atoms. The van der Waals surface area contributed by atoms with Crippen molar-refractivity contribution in [2.45, 2.75) is 44.7 Å². The Morgan fingerprint density at radius 2 is 1.85 bits per heavy atom. The highest BCUT2D eigenvalue weighted by Crippen LogP contribution is 2.38. The zero-order valence-electron chi connectivity index (χ0n) is 21.6. The lowest BCUT2D eigenvalue weighted by Gasteiger charge is -2.20. The zero-order chi connectivity index (χ0) is 27.9. The van der Waals surface area contributed by atoms with Crippen molar-refractivity contribution in [2.24, 2.45) is 0 Å². The molecule has 0 unspecified atom stereocenters. The van der Waals surface area contributed by atoms with Gasteiger partial charge in [0.2, 0.25) is 5.95 Å². The van der Waals surface area contributed by atoms with Crippen molar-refractivity contribution >= 4 is 38.9 Å². The summed E-state index contributed by atoms with van der Waals surface area (Å²) < 4.78 is 47.4. The van der Waals surface area contributed by atoms with Crippen LogP contribution in [-0.2, 0) is 6.54 Å². The quantitative estimate of drug-likeness (QED) is 0.234. The van der Waals surface area contributed by atoms with Gasteiger partial charge in [0.15, 0.2) is 0 Å². The maximum absolute atomic E-state index is 14.1. The van der Waals surface area contributed by atoms with Gasteiger partial charge in [-0.15, -0.1) is 11.3 Å². The summed E-state index contributed by atoms with van der Waals surface area (Å²) in [6.45, 7) is 0.0211. The SMILES string of the molecule is CNC1CCCCC1.COc1ccc(-c2cccnc2F)cc1CNC(=O)c1sc2c(F)ccc(F)c2c1Cl. The van der Waals surface area contributed by atoms with Crippen LogP contribution >= 0.6 is 22.9 Å². The number of fused-ring (bicyclic) bond motifs is 1. The Bertz CT molecular complexity index is 1460. The molecule has 1 aliphatic carbocycles. The van der Waals surface area contributed by atoms with Crippen molar-refractivity contribution in [3.05, 3.63) is 81.7 Å². The second kappa shape index (κ2) is 13.3. The summed E-state index contributed by atoms with van der Waals surface area (Å²) in [6.07, 6.45) is 8.48. The van der Waals surface area contributed by atoms with Crippen LogP contribution in [0, 0.1) is 17.6 Å². The Hall–Kier alpha value is -3.14. The first kappa shape index (κ1) is 28.9. The van der Waals surface area contributed by atoms with E-state index >= 15 is 0 Å². The lowest BCUT2D eigenvalue weighted by molar-refractivity contribution is 0.0955. The molecule has 5 nitrogen and oxygen atoms in total. The molecule has 2 heterocycles. The number of rotatable bonds is 6. The van der Waals surface area contributed by atoms with E-state index in [4.69, 9.17) is 16.3 Å². The van der Waals surface area contributed by atoms with Gasteiger partial charge in [0, 0.05) is 29.9 Å². The Kier molecular flexibility index (Phi) is 9.83. The summed E-state index contributed by atoms with van der Waals surface area (Å²) in [6, 6.07) is 11.0. The minimum absolute atomic E-state index is 0.00547. The van der Waals surface area contributed by atoms with E-state index in [1.807, 2.05) is 0 Å². The van der Waals surface area contributed by atoms with Crippen LogP contribution in [0.2, 0.25) is 5.02 Å². The fraction of sp³-hybridized carbons (Fsp3) is 0.310. The Morgan fingerprint density at radius 1 is 1.10 bits per heavy atom. The van der Waals surface area contributed by atoms with Gasteiger partial charge in [-0.1, -0.05) is 36.9 Å². The van der Waals surface area contributed by atoms with Crippen LogP contribution in [0.5, 0.6) is 5.75 Å². The highest BCUT2D eigenvalue weighted by Gasteiger charge is 2.22. The molecule has 0 radical (unpaired) electrons. The Balaban J connectivity index is 0.000000379. The van der Waals surface area contributed by atoms with Crippen molar-refractivity contribution < 1.29 is 22.7 Å². The largest absolute Gasteiger partial charge is 0.496 e. The maximum Gasteiger partial charge on any atom is 0.263 e. The second-order valence-corrected chi connectivity index (χ2v) is 10.6. The van der Waals surface area contributed by atoms with Gasteiger partial charge in [-0.2, -0.15) is 4.39 Å². The third-order valence-corrected chi connectivity index (χ3v) is 8.38. The van der Waals surface area contributed by atoms with Gasteiger partial charge < -0.3 is 15.4 Å². The Labute approximate surface area is 234 Å². The lowest BCUT2D eigenvalue weighted by atomic mass is 9.96. The Morgan fingerprint density at radius 3 is 2.49 bits per heavy atom. The molecule has 2 aromatic carbocycles. The van der Waals surface area contributed by atoms with Crippen LogP contribution in [0.4, 0.5) is 13.2 Å². The minimum Gasteiger partial charge on any atom is -0.496 e. The number of nitrogens with zero attached hydrogens (tertiary/aromatic N) is 1. The molecule has 39 heavy (non-hydrogen) atoms. The van der Waals surface area contributed by atoms with E-state index < -0.39 is 23.5 Å². The van der Waals surface area contributed by atoms with Crippen molar-refractivity contribution in [3.63, 3.8) is 0 Å². The number of methoxy groups -OCH3 is 1. The van der Waals surface area contributed by atoms with Crippen LogP contribution < -0.4 is 15.4 Å². The van der Waals surface area contributed by atoms with E-state index in [1.165, 1.54) is 45.4 Å². The molecule has 10 heteroatoms. The number of hydrogen-bond acceptors (Lipinski definition) is 5. The fourth-order valence-corrected chi connectivity index (χ4v) is 6.05. The molecule has 0 bridgehead atoms. The van der Waals surface area contributed by atoms with Crippen LogP contribution in [0.1, 0.15) is 47.3 Å². The fourth-order valence-electron chi connectivity index (χ4n) is 4.58. The molecule has 206 valence electrons. The van der Waals surface area contributed by atoms with Crippen LogP contribution in [0.3, 0.4) is 0 Å². The van der Waals surface area contributed by atoms with E-state index in [0.29, 0.717) is 22.4 Å². The lowest BCUT2D eigenvalue weighted by Crippen LogP contribution is -2.26. The molecule has 0 aliphatic heterocycles. The average molecular weight is 576 g/mol. The van der Waals surface area contributed by atoms with E-state index in [-0.39, 0.29) is 26.5 Å². The van der Waals surface area contributed by atoms with Crippen LogP contribution in [0.15, 0.2) is 48.7 Å². The molecule has 1 saturated carbocycles. The van der Waals surface area contributed by atoms with E-state index in [0.717, 1.165) is 29.5 Å². The number of aromatic nitrogens is 1. The van der Waals surface area contributed by atoms with Gasteiger partial charge in [-0.3, -0.25) is 4.79 Å². The highest BCUT2D eigenvalue weighted by atomic mass is 35.5. The molecular formula is C29H29ClF3N3O2S. The van der Waals surface area contributed by atoms with Crippen molar-refractivity contribution in [3.8, 4) is 16.9 Å². The zero-order valence-corrected chi connectivity index (χ0v) is 23.2. The predicted octanol–water partition coefficient (Wildman–Crippen LogP) is 7.51. The monoisotopic (exact) mass is 575 g/mol. The van der Waals surface area contributed by atoms with Crippen molar-refractivity contribution in [1.82, 2.24) is 15.6 Å². The number of carbonyl (C=O) groups excluding carboxylic acids is 1. The van der Waals surface area contributed by atoms with Crippen LogP contribution in [-0.4, -0.2) is 31.1 Å². The van der Waals surface area contributed by atoms with Gasteiger partial charge in [0.25, 0.3) is 5.91 Å². The molecule has 1 aliphatic rings. The third-order valence-electron chi connectivity index (χ3n) is 6.69. The van der Waals surface area contributed by atoms with Gasteiger partial charge >= 0.3 is 0 Å².